The maximum atomic E-state index is 12.6. The molecule has 1 aliphatic heterocycles. The summed E-state index contributed by atoms with van der Waals surface area (Å²) in [5.41, 5.74) is 2.34. The van der Waals surface area contributed by atoms with Gasteiger partial charge in [-0.1, -0.05) is 35.9 Å². The normalized spacial score (nSPS) is 14.6. The second-order valence-corrected chi connectivity index (χ2v) is 10.6. The van der Waals surface area contributed by atoms with Gasteiger partial charge in [0.25, 0.3) is 5.91 Å². The minimum Gasteiger partial charge on any atom is -0.451 e. The Morgan fingerprint density at radius 1 is 1.03 bits per heavy atom. The molecule has 2 heterocycles. The van der Waals surface area contributed by atoms with E-state index in [2.05, 4.69) is 15.5 Å². The van der Waals surface area contributed by atoms with Crippen LogP contribution in [0.2, 0.25) is 5.02 Å². The molecule has 0 unspecified atom stereocenters. The lowest BCUT2D eigenvalue weighted by Gasteiger charge is -2.35. The van der Waals surface area contributed by atoms with Crippen molar-refractivity contribution in [3.8, 4) is 11.3 Å². The van der Waals surface area contributed by atoms with Crippen LogP contribution in [0.15, 0.2) is 65.1 Å². The Kier molecular flexibility index (Phi) is 7.22. The number of piperazine rings is 1. The van der Waals surface area contributed by atoms with Crippen molar-refractivity contribution in [2.45, 2.75) is 0 Å². The molecule has 8 nitrogen and oxygen atoms in total. The predicted octanol–water partition coefficient (Wildman–Crippen LogP) is 3.81. The van der Waals surface area contributed by atoms with Crippen molar-refractivity contribution in [1.82, 2.24) is 9.62 Å². The van der Waals surface area contributed by atoms with E-state index in [-0.39, 0.29) is 10.9 Å². The highest BCUT2D eigenvalue weighted by Crippen LogP contribution is 2.27. The molecule has 4 rings (SSSR count). The SMILES string of the molecule is CS(=O)(=O)N1CCN(c2ccccc2NC(=S)NC(=O)c2ccc(-c3cccc(Cl)c3)o2)CC1. The molecule has 1 aliphatic rings. The van der Waals surface area contributed by atoms with Crippen LogP contribution in [0.4, 0.5) is 11.4 Å². The summed E-state index contributed by atoms with van der Waals surface area (Å²) in [5, 5.41) is 6.39. The number of carbonyl (C=O) groups excluding carboxylic acids is 1. The average Bonchev–Trinajstić information content (AvgIpc) is 3.30. The second kappa shape index (κ2) is 10.1. The van der Waals surface area contributed by atoms with Crippen molar-refractivity contribution >= 4 is 56.2 Å². The summed E-state index contributed by atoms with van der Waals surface area (Å²) in [4.78, 5) is 14.7. The topological polar surface area (TPSA) is 94.9 Å². The van der Waals surface area contributed by atoms with Crippen molar-refractivity contribution in [3.05, 3.63) is 71.4 Å². The molecule has 1 amide bonds. The van der Waals surface area contributed by atoms with Crippen molar-refractivity contribution < 1.29 is 17.6 Å². The first kappa shape index (κ1) is 24.2. The molecule has 1 saturated heterocycles. The fraction of sp³-hybridized carbons (Fsp3) is 0.217. The van der Waals surface area contributed by atoms with Gasteiger partial charge in [0.15, 0.2) is 10.9 Å². The molecule has 34 heavy (non-hydrogen) atoms. The van der Waals surface area contributed by atoms with Gasteiger partial charge in [-0.15, -0.1) is 0 Å². The quantitative estimate of drug-likeness (QED) is 0.496. The Bertz CT molecular complexity index is 1320. The molecule has 11 heteroatoms. The number of nitrogens with zero attached hydrogens (tertiary/aromatic N) is 2. The van der Waals surface area contributed by atoms with Crippen molar-refractivity contribution in [2.24, 2.45) is 0 Å². The highest BCUT2D eigenvalue weighted by Gasteiger charge is 2.25. The summed E-state index contributed by atoms with van der Waals surface area (Å²) in [6.45, 7) is 1.90. The number of thiocarbonyl (C=S) groups is 1. The maximum Gasteiger partial charge on any atom is 0.293 e. The number of anilines is 2. The Morgan fingerprint density at radius 3 is 2.47 bits per heavy atom. The van der Waals surface area contributed by atoms with Crippen LogP contribution in [0.5, 0.6) is 0 Å². The third-order valence-corrected chi connectivity index (χ3v) is 7.11. The third-order valence-electron chi connectivity index (χ3n) is 5.37. The number of amides is 1. The van der Waals surface area contributed by atoms with Gasteiger partial charge in [-0.25, -0.2) is 8.42 Å². The number of carbonyl (C=O) groups is 1. The van der Waals surface area contributed by atoms with Crippen molar-refractivity contribution in [2.75, 3.05) is 42.7 Å². The minimum absolute atomic E-state index is 0.115. The van der Waals surface area contributed by atoms with E-state index in [1.807, 2.05) is 30.3 Å². The molecular formula is C23H23ClN4O4S2. The van der Waals surface area contributed by atoms with E-state index in [9.17, 15) is 13.2 Å². The number of nitrogens with one attached hydrogen (secondary N) is 2. The van der Waals surface area contributed by atoms with Crippen LogP contribution < -0.4 is 15.5 Å². The number of para-hydroxylation sites is 2. The summed E-state index contributed by atoms with van der Waals surface area (Å²) in [6.07, 6.45) is 1.22. The maximum absolute atomic E-state index is 12.6. The smallest absolute Gasteiger partial charge is 0.293 e. The molecule has 178 valence electrons. The molecule has 0 bridgehead atoms. The molecule has 0 spiro atoms. The fourth-order valence-corrected chi connectivity index (χ4v) is 4.91. The van der Waals surface area contributed by atoms with Crippen LogP contribution in [0.25, 0.3) is 11.3 Å². The van der Waals surface area contributed by atoms with Gasteiger partial charge in [0, 0.05) is 36.8 Å². The lowest BCUT2D eigenvalue weighted by atomic mass is 10.2. The molecule has 1 aromatic heterocycles. The van der Waals surface area contributed by atoms with E-state index in [0.717, 1.165) is 11.3 Å². The minimum atomic E-state index is -3.21. The van der Waals surface area contributed by atoms with Crippen LogP contribution >= 0.6 is 23.8 Å². The van der Waals surface area contributed by atoms with Crippen molar-refractivity contribution in [3.63, 3.8) is 0 Å². The first-order chi connectivity index (χ1) is 16.2. The number of hydrogen-bond donors (Lipinski definition) is 2. The van der Waals surface area contributed by atoms with Crippen LogP contribution in [0, 0.1) is 0 Å². The average molecular weight is 519 g/mol. The third kappa shape index (κ3) is 5.76. The van der Waals surface area contributed by atoms with Gasteiger partial charge in [-0.2, -0.15) is 4.31 Å². The zero-order valence-electron chi connectivity index (χ0n) is 18.3. The van der Waals surface area contributed by atoms with E-state index >= 15 is 0 Å². The Hall–Kier alpha value is -2.92. The summed E-state index contributed by atoms with van der Waals surface area (Å²) in [5.74, 6) is 0.152. The van der Waals surface area contributed by atoms with E-state index in [1.54, 1.807) is 30.3 Å². The Morgan fingerprint density at radius 2 is 1.76 bits per heavy atom. The zero-order valence-corrected chi connectivity index (χ0v) is 20.7. The van der Waals surface area contributed by atoms with Gasteiger partial charge >= 0.3 is 0 Å². The Balaban J connectivity index is 1.40. The lowest BCUT2D eigenvalue weighted by molar-refractivity contribution is 0.0951. The van der Waals surface area contributed by atoms with Crippen molar-refractivity contribution in [1.29, 1.82) is 0 Å². The van der Waals surface area contributed by atoms with Crippen LogP contribution in [-0.4, -0.2) is 56.2 Å². The molecule has 0 atom stereocenters. The molecule has 1 fully saturated rings. The summed E-state index contributed by atoms with van der Waals surface area (Å²) in [6, 6.07) is 17.9. The Labute approximate surface area is 208 Å². The summed E-state index contributed by atoms with van der Waals surface area (Å²) >= 11 is 11.4. The second-order valence-electron chi connectivity index (χ2n) is 7.75. The molecule has 0 saturated carbocycles. The van der Waals surface area contributed by atoms with E-state index in [4.69, 9.17) is 28.2 Å². The molecule has 2 N–H and O–H groups in total. The van der Waals surface area contributed by atoms with Gasteiger partial charge in [-0.05, 0) is 48.6 Å². The molecule has 3 aromatic rings. The highest BCUT2D eigenvalue weighted by atomic mass is 35.5. The standard InChI is InChI=1S/C23H23ClN4O4S2/c1-34(30,31)28-13-11-27(12-14-28)19-8-3-2-7-18(19)25-23(33)26-22(29)21-10-9-20(32-21)16-5-4-6-17(24)15-16/h2-10,15H,11-14H2,1H3,(H2,25,26,29,33). The first-order valence-corrected chi connectivity index (χ1v) is 13.1. The predicted molar refractivity (Wildman–Crippen MR) is 138 cm³/mol. The van der Waals surface area contributed by atoms with E-state index in [1.165, 1.54) is 10.6 Å². The number of halogens is 1. The van der Waals surface area contributed by atoms with Gasteiger partial charge in [-0.3, -0.25) is 10.1 Å². The largest absolute Gasteiger partial charge is 0.451 e. The van der Waals surface area contributed by atoms with Gasteiger partial charge in [0.1, 0.15) is 5.76 Å². The number of rotatable bonds is 5. The van der Waals surface area contributed by atoms with Crippen LogP contribution in [0.3, 0.4) is 0 Å². The van der Waals surface area contributed by atoms with E-state index < -0.39 is 15.9 Å². The van der Waals surface area contributed by atoms with Crippen LogP contribution in [0.1, 0.15) is 10.6 Å². The van der Waals surface area contributed by atoms with E-state index in [0.29, 0.717) is 42.6 Å². The first-order valence-electron chi connectivity index (χ1n) is 10.5. The lowest BCUT2D eigenvalue weighted by Crippen LogP contribution is -2.48. The fourth-order valence-electron chi connectivity index (χ4n) is 3.69. The van der Waals surface area contributed by atoms with Gasteiger partial charge in [0.2, 0.25) is 10.0 Å². The number of hydrogen-bond acceptors (Lipinski definition) is 6. The zero-order chi connectivity index (χ0) is 24.3. The highest BCUT2D eigenvalue weighted by molar-refractivity contribution is 7.88. The van der Waals surface area contributed by atoms with Gasteiger partial charge < -0.3 is 14.6 Å². The van der Waals surface area contributed by atoms with Gasteiger partial charge in [0.05, 0.1) is 17.6 Å². The number of furan rings is 1. The summed E-state index contributed by atoms with van der Waals surface area (Å²) < 4.78 is 30.7. The number of benzene rings is 2. The molecule has 2 aromatic carbocycles. The summed E-state index contributed by atoms with van der Waals surface area (Å²) in [7, 11) is -3.21. The molecular weight excluding hydrogens is 496 g/mol. The number of sulfonamides is 1. The molecule has 0 radical (unpaired) electrons. The molecule has 0 aliphatic carbocycles. The van der Waals surface area contributed by atoms with Crippen LogP contribution in [-0.2, 0) is 10.0 Å². The monoisotopic (exact) mass is 518 g/mol.